The molecule has 0 spiro atoms. The van der Waals surface area contributed by atoms with E-state index in [1.807, 2.05) is 0 Å². The second-order valence-corrected chi connectivity index (χ2v) is 5.97. The minimum atomic E-state index is 0.617. The maximum absolute atomic E-state index is 3.71. The Morgan fingerprint density at radius 1 is 1.00 bits per heavy atom. The van der Waals surface area contributed by atoms with Crippen LogP contribution in [0.2, 0.25) is 0 Å². The minimum Gasteiger partial charge on any atom is -0.314 e. The highest BCUT2D eigenvalue weighted by Gasteiger charge is 2.37. The van der Waals surface area contributed by atoms with E-state index in [0.29, 0.717) is 11.5 Å². The molecule has 1 saturated carbocycles. The van der Waals surface area contributed by atoms with E-state index in [9.17, 15) is 0 Å². The summed E-state index contributed by atoms with van der Waals surface area (Å²) >= 11 is 0. The Morgan fingerprint density at radius 3 is 2.00 bits per heavy atom. The van der Waals surface area contributed by atoms with Crippen molar-refractivity contribution in [2.45, 2.75) is 78.7 Å². The fraction of sp³-hybridized carbons (Fsp3) is 1.00. The third-order valence-electron chi connectivity index (χ3n) is 4.56. The predicted octanol–water partition coefficient (Wildman–Crippen LogP) is 4.37. The number of hydrogen-bond acceptors (Lipinski definition) is 1. The van der Waals surface area contributed by atoms with Gasteiger partial charge in [-0.1, -0.05) is 59.8 Å². The van der Waals surface area contributed by atoms with Gasteiger partial charge in [0.15, 0.2) is 0 Å². The quantitative estimate of drug-likeness (QED) is 0.708. The van der Waals surface area contributed by atoms with E-state index < -0.39 is 0 Å². The summed E-state index contributed by atoms with van der Waals surface area (Å²) in [5.74, 6) is 0.930. The van der Waals surface area contributed by atoms with Gasteiger partial charge in [0.25, 0.3) is 0 Å². The predicted molar refractivity (Wildman–Crippen MR) is 72.7 cm³/mol. The smallest absolute Gasteiger partial charge is 0.00128 e. The zero-order valence-electron chi connectivity index (χ0n) is 11.8. The Balaban J connectivity index is 2.65. The third kappa shape index (κ3) is 3.48. The van der Waals surface area contributed by atoms with E-state index in [4.69, 9.17) is 0 Å². The molecule has 16 heavy (non-hydrogen) atoms. The molecule has 0 aromatic heterocycles. The van der Waals surface area contributed by atoms with Gasteiger partial charge in [0.1, 0.15) is 0 Å². The normalized spacial score (nSPS) is 20.6. The van der Waals surface area contributed by atoms with Gasteiger partial charge in [-0.15, -0.1) is 0 Å². The average Bonchev–Trinajstić information content (AvgIpc) is 2.29. The van der Waals surface area contributed by atoms with Crippen LogP contribution in [0.5, 0.6) is 0 Å². The number of nitrogens with one attached hydrogen (secondary N) is 1. The van der Waals surface area contributed by atoms with Gasteiger partial charge in [0, 0.05) is 12.6 Å². The van der Waals surface area contributed by atoms with Gasteiger partial charge in [0.2, 0.25) is 0 Å². The molecule has 0 unspecified atom stereocenters. The van der Waals surface area contributed by atoms with Crippen LogP contribution in [0.4, 0.5) is 0 Å². The fourth-order valence-electron chi connectivity index (χ4n) is 3.55. The van der Waals surface area contributed by atoms with Crippen molar-refractivity contribution < 1.29 is 0 Å². The first-order chi connectivity index (χ1) is 7.64. The summed E-state index contributed by atoms with van der Waals surface area (Å²) in [7, 11) is 0. The highest BCUT2D eigenvalue weighted by molar-refractivity contribution is 4.90. The van der Waals surface area contributed by atoms with Crippen molar-refractivity contribution in [2.24, 2.45) is 11.3 Å². The van der Waals surface area contributed by atoms with Crippen LogP contribution in [-0.4, -0.2) is 12.6 Å². The summed E-state index contributed by atoms with van der Waals surface area (Å²) in [6.07, 6.45) is 10.0. The van der Waals surface area contributed by atoms with Crippen molar-refractivity contribution in [3.8, 4) is 0 Å². The van der Waals surface area contributed by atoms with E-state index in [-0.39, 0.29) is 0 Å². The van der Waals surface area contributed by atoms with Crippen molar-refractivity contribution in [3.05, 3.63) is 0 Å². The fourth-order valence-corrected chi connectivity index (χ4v) is 3.55. The van der Waals surface area contributed by atoms with E-state index in [0.717, 1.165) is 5.92 Å². The van der Waals surface area contributed by atoms with E-state index in [2.05, 4.69) is 33.0 Å². The lowest BCUT2D eigenvalue weighted by Gasteiger charge is -2.44. The van der Waals surface area contributed by atoms with Gasteiger partial charge in [0.05, 0.1) is 0 Å². The lowest BCUT2D eigenvalue weighted by Crippen LogP contribution is -2.43. The Labute approximate surface area is 102 Å². The van der Waals surface area contributed by atoms with Gasteiger partial charge in [-0.2, -0.15) is 0 Å². The monoisotopic (exact) mass is 225 g/mol. The van der Waals surface area contributed by atoms with Crippen LogP contribution in [0.15, 0.2) is 0 Å². The largest absolute Gasteiger partial charge is 0.314 e. The molecule has 0 aliphatic heterocycles. The average molecular weight is 225 g/mol. The van der Waals surface area contributed by atoms with Crippen LogP contribution < -0.4 is 5.32 Å². The van der Waals surface area contributed by atoms with E-state index in [1.165, 1.54) is 51.5 Å². The summed E-state index contributed by atoms with van der Waals surface area (Å²) in [6, 6.07) is 0.633. The molecule has 0 aromatic carbocycles. The van der Waals surface area contributed by atoms with Crippen molar-refractivity contribution >= 4 is 0 Å². The summed E-state index contributed by atoms with van der Waals surface area (Å²) in [6.45, 7) is 10.5. The minimum absolute atomic E-state index is 0.617. The zero-order chi connectivity index (χ0) is 12.0. The third-order valence-corrected chi connectivity index (χ3v) is 4.56. The Morgan fingerprint density at radius 2 is 1.56 bits per heavy atom. The second kappa shape index (κ2) is 6.64. The van der Waals surface area contributed by atoms with Crippen LogP contribution in [0, 0.1) is 11.3 Å². The maximum atomic E-state index is 3.71. The molecule has 0 aromatic rings. The molecular weight excluding hydrogens is 194 g/mol. The first-order valence-electron chi connectivity index (χ1n) is 7.38. The lowest BCUT2D eigenvalue weighted by atomic mass is 9.64. The molecule has 0 amide bonds. The summed E-state index contributed by atoms with van der Waals surface area (Å²) in [4.78, 5) is 0. The SMILES string of the molecule is CCC(CC)C1(CNC(C)C)CCCCC1. The molecule has 1 heteroatoms. The van der Waals surface area contributed by atoms with Gasteiger partial charge in [-0.05, 0) is 24.2 Å². The van der Waals surface area contributed by atoms with Gasteiger partial charge in [-0.3, -0.25) is 0 Å². The maximum Gasteiger partial charge on any atom is 0.00128 e. The molecule has 1 N–H and O–H groups in total. The summed E-state index contributed by atoms with van der Waals surface area (Å²) < 4.78 is 0. The lowest BCUT2D eigenvalue weighted by molar-refractivity contribution is 0.0846. The summed E-state index contributed by atoms with van der Waals surface area (Å²) in [5, 5.41) is 3.71. The van der Waals surface area contributed by atoms with Crippen LogP contribution in [0.25, 0.3) is 0 Å². The van der Waals surface area contributed by atoms with Crippen molar-refractivity contribution in [2.75, 3.05) is 6.54 Å². The van der Waals surface area contributed by atoms with Crippen molar-refractivity contribution in [3.63, 3.8) is 0 Å². The highest BCUT2D eigenvalue weighted by atomic mass is 14.9. The second-order valence-electron chi connectivity index (χ2n) is 5.97. The van der Waals surface area contributed by atoms with Crippen molar-refractivity contribution in [1.29, 1.82) is 0 Å². The molecule has 0 saturated heterocycles. The molecule has 0 radical (unpaired) electrons. The van der Waals surface area contributed by atoms with Crippen LogP contribution in [0.3, 0.4) is 0 Å². The Hall–Kier alpha value is -0.0400. The molecule has 1 rings (SSSR count). The van der Waals surface area contributed by atoms with Gasteiger partial charge < -0.3 is 5.32 Å². The molecule has 0 bridgehead atoms. The molecule has 96 valence electrons. The van der Waals surface area contributed by atoms with E-state index in [1.54, 1.807) is 0 Å². The molecule has 1 nitrogen and oxygen atoms in total. The molecule has 0 heterocycles. The molecule has 1 aliphatic rings. The molecule has 0 atom stereocenters. The number of rotatable bonds is 6. The number of hydrogen-bond donors (Lipinski definition) is 1. The van der Waals surface area contributed by atoms with Crippen LogP contribution >= 0.6 is 0 Å². The van der Waals surface area contributed by atoms with Gasteiger partial charge >= 0.3 is 0 Å². The molecule has 1 aliphatic carbocycles. The molecule has 1 fully saturated rings. The Bertz CT molecular complexity index is 176. The van der Waals surface area contributed by atoms with Crippen LogP contribution in [0.1, 0.15) is 72.6 Å². The van der Waals surface area contributed by atoms with E-state index >= 15 is 0 Å². The highest BCUT2D eigenvalue weighted by Crippen LogP contribution is 2.44. The zero-order valence-corrected chi connectivity index (χ0v) is 11.8. The standard InChI is InChI=1S/C15H31N/c1-5-14(6-2)15(12-16-13(3)4)10-8-7-9-11-15/h13-14,16H,5-12H2,1-4H3. The van der Waals surface area contributed by atoms with Crippen molar-refractivity contribution in [1.82, 2.24) is 5.32 Å². The first kappa shape index (κ1) is 14.0. The van der Waals surface area contributed by atoms with Gasteiger partial charge in [-0.25, -0.2) is 0 Å². The first-order valence-corrected chi connectivity index (χ1v) is 7.38. The topological polar surface area (TPSA) is 12.0 Å². The van der Waals surface area contributed by atoms with Crippen LogP contribution in [-0.2, 0) is 0 Å². The molecular formula is C15H31N. The summed E-state index contributed by atoms with van der Waals surface area (Å²) in [5.41, 5.74) is 0.617. The Kier molecular flexibility index (Phi) is 5.82.